The van der Waals surface area contributed by atoms with Crippen LogP contribution in [-0.2, 0) is 6.42 Å². The molecule has 1 nitrogen and oxygen atoms in total. The molecule has 0 aliphatic carbocycles. The minimum Gasteiger partial charge on any atom is -0.324 e. The van der Waals surface area contributed by atoms with Crippen molar-refractivity contribution in [3.8, 4) is 0 Å². The normalized spacial score (nSPS) is 12.5. The summed E-state index contributed by atoms with van der Waals surface area (Å²) in [5.41, 5.74) is 7.71. The van der Waals surface area contributed by atoms with Gasteiger partial charge >= 0.3 is 0 Å². The lowest BCUT2D eigenvalue weighted by molar-refractivity contribution is 0.592. The Morgan fingerprint density at radius 3 is 2.68 bits per heavy atom. The van der Waals surface area contributed by atoms with Crippen molar-refractivity contribution in [3.63, 3.8) is 0 Å². The van der Waals surface area contributed by atoms with E-state index in [9.17, 15) is 4.39 Å². The highest BCUT2D eigenvalue weighted by molar-refractivity contribution is 14.1. The highest BCUT2D eigenvalue weighted by Gasteiger charge is 2.13. The summed E-state index contributed by atoms with van der Waals surface area (Å²) in [6.07, 6.45) is 0.440. The standard InChI is InChI=1S/C14H11BrClFIN/c15-9-2-1-8(12(17)6-9)5-14(19)11-7-10(16)3-4-13(11)18/h1-4,6-7,14H,5,19H2. The van der Waals surface area contributed by atoms with Gasteiger partial charge in [-0.3, -0.25) is 0 Å². The van der Waals surface area contributed by atoms with Crippen LogP contribution in [-0.4, -0.2) is 0 Å². The molecule has 5 heteroatoms. The van der Waals surface area contributed by atoms with Crippen LogP contribution in [0.25, 0.3) is 0 Å². The molecule has 0 saturated carbocycles. The molecule has 0 spiro atoms. The third-order valence-electron chi connectivity index (χ3n) is 2.81. The van der Waals surface area contributed by atoms with Gasteiger partial charge in [0.2, 0.25) is 0 Å². The van der Waals surface area contributed by atoms with Gasteiger partial charge < -0.3 is 5.73 Å². The van der Waals surface area contributed by atoms with E-state index in [1.54, 1.807) is 6.07 Å². The van der Waals surface area contributed by atoms with E-state index in [1.807, 2.05) is 24.3 Å². The second-order valence-electron chi connectivity index (χ2n) is 4.21. The number of nitrogens with two attached hydrogens (primary N) is 1. The van der Waals surface area contributed by atoms with E-state index in [-0.39, 0.29) is 11.9 Å². The van der Waals surface area contributed by atoms with Crippen LogP contribution >= 0.6 is 50.1 Å². The molecule has 0 aliphatic rings. The largest absolute Gasteiger partial charge is 0.324 e. The molecule has 1 unspecified atom stereocenters. The molecule has 0 heterocycles. The maximum Gasteiger partial charge on any atom is 0.127 e. The summed E-state index contributed by atoms with van der Waals surface area (Å²) in [6.45, 7) is 0. The molecule has 2 N–H and O–H groups in total. The Kier molecular flexibility index (Phi) is 5.22. The van der Waals surface area contributed by atoms with Crippen molar-refractivity contribution < 1.29 is 4.39 Å². The number of hydrogen-bond acceptors (Lipinski definition) is 1. The molecule has 19 heavy (non-hydrogen) atoms. The lowest BCUT2D eigenvalue weighted by Crippen LogP contribution is -2.15. The van der Waals surface area contributed by atoms with Gasteiger partial charge in [0.15, 0.2) is 0 Å². The first-order valence-electron chi connectivity index (χ1n) is 5.62. The van der Waals surface area contributed by atoms with E-state index in [1.165, 1.54) is 6.07 Å². The summed E-state index contributed by atoms with van der Waals surface area (Å²) in [5.74, 6) is -0.248. The smallest absolute Gasteiger partial charge is 0.127 e. The van der Waals surface area contributed by atoms with Gasteiger partial charge in [0.1, 0.15) is 5.82 Å². The van der Waals surface area contributed by atoms with Crippen LogP contribution in [0.15, 0.2) is 40.9 Å². The van der Waals surface area contributed by atoms with Gasteiger partial charge in [-0.05, 0) is 70.5 Å². The lowest BCUT2D eigenvalue weighted by atomic mass is 9.99. The van der Waals surface area contributed by atoms with Crippen molar-refractivity contribution in [2.45, 2.75) is 12.5 Å². The Morgan fingerprint density at radius 2 is 2.00 bits per heavy atom. The van der Waals surface area contributed by atoms with Crippen molar-refractivity contribution in [1.29, 1.82) is 0 Å². The SMILES string of the molecule is NC(Cc1ccc(Br)cc1F)c1cc(Cl)ccc1I. The molecule has 1 atom stereocenters. The third kappa shape index (κ3) is 3.90. The van der Waals surface area contributed by atoms with Crippen molar-refractivity contribution in [2.24, 2.45) is 5.73 Å². The Bertz CT molecular complexity index is 606. The molecular weight excluding hydrogens is 443 g/mol. The van der Waals surface area contributed by atoms with Crippen molar-refractivity contribution in [3.05, 3.63) is 66.4 Å². The summed E-state index contributed by atoms with van der Waals surface area (Å²) in [6, 6.07) is 10.3. The first kappa shape index (κ1) is 15.2. The third-order valence-corrected chi connectivity index (χ3v) is 4.52. The predicted molar refractivity (Wildman–Crippen MR) is 88.9 cm³/mol. The maximum absolute atomic E-state index is 13.8. The van der Waals surface area contributed by atoms with Gasteiger partial charge in [-0.2, -0.15) is 0 Å². The quantitative estimate of drug-likeness (QED) is 0.643. The summed E-state index contributed by atoms with van der Waals surface area (Å²) < 4.78 is 15.5. The van der Waals surface area contributed by atoms with Crippen LogP contribution in [0.2, 0.25) is 5.02 Å². The van der Waals surface area contributed by atoms with Gasteiger partial charge in [0, 0.05) is 19.1 Å². The minimum atomic E-state index is -0.277. The topological polar surface area (TPSA) is 26.0 Å². The first-order chi connectivity index (χ1) is 8.97. The molecule has 0 amide bonds. The number of benzene rings is 2. The van der Waals surface area contributed by atoms with Crippen molar-refractivity contribution in [2.75, 3.05) is 0 Å². The highest BCUT2D eigenvalue weighted by Crippen LogP contribution is 2.26. The Balaban J connectivity index is 2.25. The number of hydrogen-bond donors (Lipinski definition) is 1. The molecule has 2 aromatic carbocycles. The second-order valence-corrected chi connectivity index (χ2v) is 6.73. The van der Waals surface area contributed by atoms with E-state index in [0.717, 1.165) is 13.6 Å². The van der Waals surface area contributed by atoms with Gasteiger partial charge in [0.05, 0.1) is 0 Å². The fourth-order valence-electron chi connectivity index (χ4n) is 1.83. The number of rotatable bonds is 3. The molecule has 0 aliphatic heterocycles. The van der Waals surface area contributed by atoms with E-state index >= 15 is 0 Å². The van der Waals surface area contributed by atoms with Crippen molar-refractivity contribution >= 4 is 50.1 Å². The van der Waals surface area contributed by atoms with Crippen LogP contribution in [0.4, 0.5) is 4.39 Å². The van der Waals surface area contributed by atoms with E-state index < -0.39 is 0 Å². The average molecular weight is 455 g/mol. The van der Waals surface area contributed by atoms with Crippen LogP contribution < -0.4 is 5.73 Å². The van der Waals surface area contributed by atoms with Gasteiger partial charge in [0.25, 0.3) is 0 Å². The minimum absolute atomic E-state index is 0.248. The molecule has 2 aromatic rings. The van der Waals surface area contributed by atoms with Crippen LogP contribution in [0.1, 0.15) is 17.2 Å². The Labute approximate surface area is 138 Å². The van der Waals surface area contributed by atoms with Crippen LogP contribution in [0, 0.1) is 9.39 Å². The molecule has 0 radical (unpaired) electrons. The Hall–Kier alpha value is -0.170. The molecule has 0 aromatic heterocycles. The summed E-state index contributed by atoms with van der Waals surface area (Å²) in [5, 5.41) is 0.641. The average Bonchev–Trinajstić information content (AvgIpc) is 2.35. The molecular formula is C14H11BrClFIN. The molecule has 0 saturated heterocycles. The van der Waals surface area contributed by atoms with Gasteiger partial charge in [-0.25, -0.2) is 4.39 Å². The van der Waals surface area contributed by atoms with E-state index in [4.69, 9.17) is 17.3 Å². The van der Waals surface area contributed by atoms with E-state index in [2.05, 4.69) is 38.5 Å². The molecule has 2 rings (SSSR count). The lowest BCUT2D eigenvalue weighted by Gasteiger charge is -2.15. The van der Waals surface area contributed by atoms with Crippen LogP contribution in [0.3, 0.4) is 0 Å². The van der Waals surface area contributed by atoms with Crippen LogP contribution in [0.5, 0.6) is 0 Å². The zero-order valence-corrected chi connectivity index (χ0v) is 14.3. The fraction of sp³-hybridized carbons (Fsp3) is 0.143. The zero-order valence-electron chi connectivity index (χ0n) is 9.84. The fourth-order valence-corrected chi connectivity index (χ4v) is 3.08. The molecule has 100 valence electrons. The maximum atomic E-state index is 13.8. The second kappa shape index (κ2) is 6.52. The summed E-state index contributed by atoms with van der Waals surface area (Å²) >= 11 is 11.4. The predicted octanol–water partition coefficient (Wildman–Crippen LogP) is 5.09. The first-order valence-corrected chi connectivity index (χ1v) is 7.87. The number of halogens is 4. The highest BCUT2D eigenvalue weighted by atomic mass is 127. The van der Waals surface area contributed by atoms with E-state index in [0.29, 0.717) is 17.0 Å². The van der Waals surface area contributed by atoms with Crippen molar-refractivity contribution in [1.82, 2.24) is 0 Å². The van der Waals surface area contributed by atoms with Gasteiger partial charge in [-0.1, -0.05) is 33.6 Å². The van der Waals surface area contributed by atoms with Gasteiger partial charge in [-0.15, -0.1) is 0 Å². The summed E-state index contributed by atoms with van der Waals surface area (Å²) in [7, 11) is 0. The summed E-state index contributed by atoms with van der Waals surface area (Å²) in [4.78, 5) is 0. The monoisotopic (exact) mass is 453 g/mol. The molecule has 0 bridgehead atoms. The molecule has 0 fully saturated rings. The zero-order chi connectivity index (χ0) is 14.0. The Morgan fingerprint density at radius 1 is 1.26 bits per heavy atom.